The molecule has 0 spiro atoms. The zero-order valence-electron chi connectivity index (χ0n) is 10.9. The summed E-state index contributed by atoms with van der Waals surface area (Å²) in [6.07, 6.45) is 3.97. The Kier molecular flexibility index (Phi) is 4.19. The van der Waals surface area contributed by atoms with Crippen molar-refractivity contribution in [3.63, 3.8) is 0 Å². The van der Waals surface area contributed by atoms with Crippen LogP contribution in [-0.2, 0) is 4.74 Å². The molecular weight excluding hydrogens is 232 g/mol. The van der Waals surface area contributed by atoms with E-state index in [-0.39, 0.29) is 6.10 Å². The Morgan fingerprint density at radius 3 is 3.00 bits per heavy atom. The van der Waals surface area contributed by atoms with Crippen molar-refractivity contribution in [2.45, 2.75) is 25.9 Å². The summed E-state index contributed by atoms with van der Waals surface area (Å²) >= 11 is 0. The number of ether oxygens (including phenoxy) is 2. The summed E-state index contributed by atoms with van der Waals surface area (Å²) in [6, 6.07) is 0. The number of rotatable bonds is 5. The van der Waals surface area contributed by atoms with Crippen molar-refractivity contribution < 1.29 is 9.47 Å². The van der Waals surface area contributed by atoms with Crippen LogP contribution in [0.5, 0.6) is 5.88 Å². The van der Waals surface area contributed by atoms with Crippen LogP contribution in [0.2, 0.25) is 0 Å². The van der Waals surface area contributed by atoms with E-state index in [2.05, 4.69) is 21.8 Å². The monoisotopic (exact) mass is 252 g/mol. The van der Waals surface area contributed by atoms with E-state index in [9.17, 15) is 0 Å². The maximum Gasteiger partial charge on any atom is 0.242 e. The summed E-state index contributed by atoms with van der Waals surface area (Å²) < 4.78 is 10.8. The Bertz CT molecular complexity index is 394. The van der Waals surface area contributed by atoms with Gasteiger partial charge in [0, 0.05) is 19.7 Å². The summed E-state index contributed by atoms with van der Waals surface area (Å²) in [5.74, 6) is 1.14. The number of hydrogen-bond donors (Lipinski definition) is 1. The maximum absolute atomic E-state index is 6.01. The van der Waals surface area contributed by atoms with Gasteiger partial charge in [-0.3, -0.25) is 0 Å². The first-order valence-corrected chi connectivity index (χ1v) is 6.27. The van der Waals surface area contributed by atoms with Crippen molar-refractivity contribution >= 4 is 11.5 Å². The average Bonchev–Trinajstić information content (AvgIpc) is 2.89. The fraction of sp³-hybridized carbons (Fsp3) is 0.667. The molecule has 2 heterocycles. The van der Waals surface area contributed by atoms with Gasteiger partial charge in [-0.2, -0.15) is 4.98 Å². The predicted molar refractivity (Wildman–Crippen MR) is 69.9 cm³/mol. The van der Waals surface area contributed by atoms with Gasteiger partial charge in [0.05, 0.1) is 13.2 Å². The van der Waals surface area contributed by atoms with Gasteiger partial charge < -0.3 is 20.1 Å². The molecule has 1 aromatic rings. The molecule has 0 aliphatic carbocycles. The predicted octanol–water partition coefficient (Wildman–Crippen LogP) is 1.07. The van der Waals surface area contributed by atoms with Gasteiger partial charge in [-0.05, 0) is 19.8 Å². The van der Waals surface area contributed by atoms with Gasteiger partial charge >= 0.3 is 0 Å². The zero-order chi connectivity index (χ0) is 13.0. The number of methoxy groups -OCH3 is 1. The van der Waals surface area contributed by atoms with E-state index in [0.29, 0.717) is 11.6 Å². The molecule has 1 saturated heterocycles. The van der Waals surface area contributed by atoms with Gasteiger partial charge in [0.2, 0.25) is 5.88 Å². The highest BCUT2D eigenvalue weighted by molar-refractivity contribution is 5.67. The first-order valence-electron chi connectivity index (χ1n) is 6.27. The van der Waals surface area contributed by atoms with E-state index in [4.69, 9.17) is 15.2 Å². The quantitative estimate of drug-likeness (QED) is 0.845. The number of aromatic nitrogens is 2. The molecule has 2 rings (SSSR count). The first-order chi connectivity index (χ1) is 8.76. The lowest BCUT2D eigenvalue weighted by atomic mass is 10.2. The number of likely N-dealkylation sites (N-methyl/N-ethyl adjacent to an activating group) is 1. The van der Waals surface area contributed by atoms with E-state index < -0.39 is 0 Å². The van der Waals surface area contributed by atoms with E-state index in [1.165, 1.54) is 6.33 Å². The van der Waals surface area contributed by atoms with Crippen molar-refractivity contribution in [2.24, 2.45) is 0 Å². The summed E-state index contributed by atoms with van der Waals surface area (Å²) in [5.41, 5.74) is 6.50. The zero-order valence-corrected chi connectivity index (χ0v) is 10.9. The topological polar surface area (TPSA) is 73.5 Å². The lowest BCUT2D eigenvalue weighted by Crippen LogP contribution is -2.33. The molecular formula is C12H20N4O2. The fourth-order valence-corrected chi connectivity index (χ4v) is 2.18. The Hall–Kier alpha value is -1.56. The van der Waals surface area contributed by atoms with Crippen LogP contribution >= 0.6 is 0 Å². The third-order valence-corrected chi connectivity index (χ3v) is 3.15. The average molecular weight is 252 g/mol. The van der Waals surface area contributed by atoms with Gasteiger partial charge in [0.1, 0.15) is 12.0 Å². The minimum absolute atomic E-state index is 0.269. The Labute approximate surface area is 107 Å². The van der Waals surface area contributed by atoms with Crippen molar-refractivity contribution in [1.29, 1.82) is 0 Å². The van der Waals surface area contributed by atoms with E-state index in [0.717, 1.165) is 38.4 Å². The van der Waals surface area contributed by atoms with E-state index >= 15 is 0 Å². The maximum atomic E-state index is 6.01. The van der Waals surface area contributed by atoms with Crippen LogP contribution < -0.4 is 15.4 Å². The van der Waals surface area contributed by atoms with Crippen molar-refractivity contribution in [2.75, 3.05) is 37.4 Å². The second-order valence-corrected chi connectivity index (χ2v) is 4.29. The van der Waals surface area contributed by atoms with Gasteiger partial charge in [-0.1, -0.05) is 0 Å². The molecule has 100 valence electrons. The van der Waals surface area contributed by atoms with Crippen LogP contribution in [0, 0.1) is 0 Å². The molecule has 2 N–H and O–H groups in total. The Morgan fingerprint density at radius 2 is 2.39 bits per heavy atom. The molecule has 1 aliphatic rings. The molecule has 1 aromatic heterocycles. The molecule has 0 amide bonds. The standard InChI is InChI=1S/C12H20N4O2/c1-3-16(7-9-5-4-6-18-9)11-10(13)12(17-2)15-8-14-11/h8-9H,3-7,13H2,1-2H3. The van der Waals surface area contributed by atoms with Crippen molar-refractivity contribution in [1.82, 2.24) is 9.97 Å². The highest BCUT2D eigenvalue weighted by Crippen LogP contribution is 2.28. The normalized spacial score (nSPS) is 18.9. The van der Waals surface area contributed by atoms with Gasteiger partial charge in [0.25, 0.3) is 0 Å². The molecule has 1 unspecified atom stereocenters. The number of nitrogen functional groups attached to an aromatic ring is 1. The highest BCUT2D eigenvalue weighted by Gasteiger charge is 2.21. The number of hydrogen-bond acceptors (Lipinski definition) is 6. The van der Waals surface area contributed by atoms with Crippen LogP contribution in [0.25, 0.3) is 0 Å². The van der Waals surface area contributed by atoms with Crippen molar-refractivity contribution in [3.8, 4) is 5.88 Å². The first kappa shape index (κ1) is 12.9. The third-order valence-electron chi connectivity index (χ3n) is 3.15. The van der Waals surface area contributed by atoms with Crippen LogP contribution in [0.4, 0.5) is 11.5 Å². The fourth-order valence-electron chi connectivity index (χ4n) is 2.18. The summed E-state index contributed by atoms with van der Waals surface area (Å²) in [6.45, 7) is 4.55. The van der Waals surface area contributed by atoms with Crippen LogP contribution in [0.3, 0.4) is 0 Å². The second kappa shape index (κ2) is 5.86. The lowest BCUT2D eigenvalue weighted by molar-refractivity contribution is 0.115. The van der Waals surface area contributed by atoms with Crippen molar-refractivity contribution in [3.05, 3.63) is 6.33 Å². The van der Waals surface area contributed by atoms with Gasteiger partial charge in [-0.25, -0.2) is 4.98 Å². The second-order valence-electron chi connectivity index (χ2n) is 4.29. The molecule has 18 heavy (non-hydrogen) atoms. The van der Waals surface area contributed by atoms with Crippen LogP contribution in [0.1, 0.15) is 19.8 Å². The molecule has 0 radical (unpaired) electrons. The highest BCUT2D eigenvalue weighted by atomic mass is 16.5. The third kappa shape index (κ3) is 2.64. The lowest BCUT2D eigenvalue weighted by Gasteiger charge is -2.26. The van der Waals surface area contributed by atoms with Gasteiger partial charge in [0.15, 0.2) is 5.82 Å². The largest absolute Gasteiger partial charge is 0.479 e. The smallest absolute Gasteiger partial charge is 0.242 e. The Morgan fingerprint density at radius 1 is 1.56 bits per heavy atom. The molecule has 6 heteroatoms. The molecule has 6 nitrogen and oxygen atoms in total. The number of nitrogens with two attached hydrogens (primary N) is 1. The SMILES string of the molecule is CCN(CC1CCCO1)c1ncnc(OC)c1N. The minimum atomic E-state index is 0.269. The van der Waals surface area contributed by atoms with E-state index in [1.807, 2.05) is 0 Å². The summed E-state index contributed by atoms with van der Waals surface area (Å²) in [5, 5.41) is 0. The van der Waals surface area contributed by atoms with Crippen LogP contribution in [-0.4, -0.2) is 42.9 Å². The molecule has 0 aromatic carbocycles. The minimum Gasteiger partial charge on any atom is -0.479 e. The molecule has 1 fully saturated rings. The molecule has 0 saturated carbocycles. The number of anilines is 2. The molecule has 1 atom stereocenters. The summed E-state index contributed by atoms with van der Waals surface area (Å²) in [7, 11) is 1.55. The summed E-state index contributed by atoms with van der Waals surface area (Å²) in [4.78, 5) is 10.4. The molecule has 0 bridgehead atoms. The van der Waals surface area contributed by atoms with E-state index in [1.54, 1.807) is 7.11 Å². The van der Waals surface area contributed by atoms with Crippen LogP contribution in [0.15, 0.2) is 6.33 Å². The molecule has 1 aliphatic heterocycles. The number of nitrogens with zero attached hydrogens (tertiary/aromatic N) is 3. The van der Waals surface area contributed by atoms with Gasteiger partial charge in [-0.15, -0.1) is 0 Å². The Balaban J connectivity index is 2.15.